The zero-order chi connectivity index (χ0) is 14.1. The Morgan fingerprint density at radius 1 is 1.37 bits per heavy atom. The molecule has 4 heteroatoms. The van der Waals surface area contributed by atoms with Gasteiger partial charge in [-0.3, -0.25) is 4.79 Å². The largest absolute Gasteiger partial charge is 0.469 e. The zero-order valence-electron chi connectivity index (χ0n) is 12.7. The summed E-state index contributed by atoms with van der Waals surface area (Å²) in [6.45, 7) is 10.3. The molecule has 0 radical (unpaired) electrons. The van der Waals surface area contributed by atoms with E-state index >= 15 is 0 Å². The number of thioether (sulfide) groups is 1. The van der Waals surface area contributed by atoms with E-state index in [0.717, 1.165) is 19.5 Å². The van der Waals surface area contributed by atoms with Crippen LogP contribution in [0.2, 0.25) is 0 Å². The Bertz CT molecular complexity index is 330. The molecule has 0 N–H and O–H groups in total. The highest BCUT2D eigenvalue weighted by Crippen LogP contribution is 2.59. The Hall–Kier alpha value is -0.220. The molecule has 0 aromatic rings. The summed E-state index contributed by atoms with van der Waals surface area (Å²) in [5.74, 6) is 1.41. The Labute approximate surface area is 121 Å². The van der Waals surface area contributed by atoms with Crippen molar-refractivity contribution in [2.24, 2.45) is 11.3 Å². The fourth-order valence-corrected chi connectivity index (χ4v) is 4.04. The van der Waals surface area contributed by atoms with Crippen molar-refractivity contribution in [2.75, 3.05) is 32.5 Å². The molecule has 110 valence electrons. The summed E-state index contributed by atoms with van der Waals surface area (Å²) in [4.78, 5) is 14.1. The topological polar surface area (TPSA) is 29.5 Å². The number of rotatable bonds is 4. The van der Waals surface area contributed by atoms with Crippen molar-refractivity contribution in [2.45, 2.75) is 44.8 Å². The molecule has 0 aromatic heterocycles. The van der Waals surface area contributed by atoms with Gasteiger partial charge in [0.15, 0.2) is 0 Å². The first-order chi connectivity index (χ1) is 8.86. The van der Waals surface area contributed by atoms with Gasteiger partial charge in [0.25, 0.3) is 0 Å². The van der Waals surface area contributed by atoms with Crippen molar-refractivity contribution >= 4 is 17.7 Å². The van der Waals surface area contributed by atoms with Gasteiger partial charge in [0.05, 0.1) is 13.0 Å². The van der Waals surface area contributed by atoms with Crippen LogP contribution in [0.4, 0.5) is 0 Å². The second-order valence-corrected chi connectivity index (χ2v) is 8.87. The minimum atomic E-state index is 0.0109. The Balaban J connectivity index is 1.68. The molecule has 1 atom stereocenters. The van der Waals surface area contributed by atoms with Crippen LogP contribution < -0.4 is 0 Å². The lowest BCUT2D eigenvalue weighted by atomic mass is 9.91. The molecule has 1 heterocycles. The number of hydrogen-bond acceptors (Lipinski definition) is 4. The molecule has 0 aromatic carbocycles. The highest BCUT2D eigenvalue weighted by molar-refractivity contribution is 8.00. The molecule has 3 nitrogen and oxygen atoms in total. The number of esters is 1. The predicted octanol–water partition coefficient (Wildman–Crippen LogP) is 2.79. The van der Waals surface area contributed by atoms with Gasteiger partial charge in [0.2, 0.25) is 0 Å². The molecule has 0 bridgehead atoms. The van der Waals surface area contributed by atoms with E-state index in [-0.39, 0.29) is 11.9 Å². The summed E-state index contributed by atoms with van der Waals surface area (Å²) in [7, 11) is 1.51. The molecule has 1 spiro atoms. The Kier molecular flexibility index (Phi) is 4.51. The number of nitrogens with zero attached hydrogens (tertiary/aromatic N) is 1. The van der Waals surface area contributed by atoms with Gasteiger partial charge in [0, 0.05) is 17.0 Å². The summed E-state index contributed by atoms with van der Waals surface area (Å²) in [6.07, 6.45) is 3.41. The maximum Gasteiger partial charge on any atom is 0.309 e. The summed E-state index contributed by atoms with van der Waals surface area (Å²) in [5.41, 5.74) is 0.306. The van der Waals surface area contributed by atoms with E-state index in [1.54, 1.807) is 0 Å². The molecule has 0 amide bonds. The molecule has 1 aliphatic carbocycles. The van der Waals surface area contributed by atoms with Crippen LogP contribution in [0.25, 0.3) is 0 Å². The summed E-state index contributed by atoms with van der Waals surface area (Å²) < 4.78 is 5.24. The van der Waals surface area contributed by atoms with Crippen molar-refractivity contribution < 1.29 is 9.53 Å². The first kappa shape index (κ1) is 15.2. The third-order valence-electron chi connectivity index (χ3n) is 4.47. The van der Waals surface area contributed by atoms with Gasteiger partial charge in [-0.1, -0.05) is 20.8 Å². The van der Waals surface area contributed by atoms with Gasteiger partial charge in [0.1, 0.15) is 0 Å². The van der Waals surface area contributed by atoms with Crippen LogP contribution in [0.15, 0.2) is 0 Å². The minimum Gasteiger partial charge on any atom is -0.469 e. The molecule has 1 saturated carbocycles. The van der Waals surface area contributed by atoms with Crippen LogP contribution in [0, 0.1) is 11.3 Å². The molecule has 1 saturated heterocycles. The van der Waals surface area contributed by atoms with Crippen molar-refractivity contribution in [3.63, 3.8) is 0 Å². The van der Waals surface area contributed by atoms with E-state index in [2.05, 4.69) is 25.7 Å². The van der Waals surface area contributed by atoms with Crippen LogP contribution in [0.1, 0.15) is 40.0 Å². The van der Waals surface area contributed by atoms with E-state index in [1.165, 1.54) is 32.2 Å². The number of ether oxygens (including phenoxy) is 1. The van der Waals surface area contributed by atoms with Gasteiger partial charge < -0.3 is 9.64 Å². The van der Waals surface area contributed by atoms with E-state index in [0.29, 0.717) is 10.2 Å². The first-order valence-electron chi connectivity index (χ1n) is 7.30. The van der Waals surface area contributed by atoms with Crippen LogP contribution in [-0.2, 0) is 9.53 Å². The number of carbonyl (C=O) groups excluding carboxylic acids is 1. The molecular formula is C15H27NO2S. The number of methoxy groups -OCH3 is 1. The Morgan fingerprint density at radius 2 is 2.00 bits per heavy atom. The van der Waals surface area contributed by atoms with Crippen LogP contribution in [0.5, 0.6) is 0 Å². The average Bonchev–Trinajstić information content (AvgIpc) is 3.04. The quantitative estimate of drug-likeness (QED) is 0.743. The maximum atomic E-state index is 11.6. The van der Waals surface area contributed by atoms with Gasteiger partial charge in [-0.05, 0) is 37.8 Å². The lowest BCUT2D eigenvalue weighted by molar-refractivity contribution is -0.143. The summed E-state index contributed by atoms with van der Waals surface area (Å²) in [5, 5.41) is 0. The lowest BCUT2D eigenvalue weighted by Crippen LogP contribution is -2.37. The van der Waals surface area contributed by atoms with Gasteiger partial charge >= 0.3 is 5.97 Å². The van der Waals surface area contributed by atoms with Crippen LogP contribution in [-0.4, -0.2) is 48.1 Å². The molecule has 2 fully saturated rings. The normalized spacial score (nSPS) is 26.4. The van der Waals surface area contributed by atoms with Crippen LogP contribution in [0.3, 0.4) is 0 Å². The monoisotopic (exact) mass is 285 g/mol. The van der Waals surface area contributed by atoms with E-state index < -0.39 is 0 Å². The molecular weight excluding hydrogens is 258 g/mol. The highest BCUT2D eigenvalue weighted by Gasteiger charge is 2.59. The third kappa shape index (κ3) is 3.88. The smallest absolute Gasteiger partial charge is 0.309 e. The third-order valence-corrected chi connectivity index (χ3v) is 5.72. The molecule has 2 aliphatic rings. The van der Waals surface area contributed by atoms with Gasteiger partial charge in [-0.25, -0.2) is 0 Å². The average molecular weight is 285 g/mol. The summed E-state index contributed by atoms with van der Waals surface area (Å²) in [6, 6.07) is 0. The van der Waals surface area contributed by atoms with E-state index in [9.17, 15) is 4.79 Å². The number of carbonyl (C=O) groups is 1. The second-order valence-electron chi connectivity index (χ2n) is 6.94. The number of piperidine rings is 1. The van der Waals surface area contributed by atoms with Crippen molar-refractivity contribution in [1.82, 2.24) is 4.90 Å². The fraction of sp³-hybridized carbons (Fsp3) is 0.933. The van der Waals surface area contributed by atoms with Crippen molar-refractivity contribution in [3.05, 3.63) is 0 Å². The van der Waals surface area contributed by atoms with Crippen LogP contribution >= 0.6 is 11.8 Å². The highest BCUT2D eigenvalue weighted by atomic mass is 32.2. The predicted molar refractivity (Wildman–Crippen MR) is 80.4 cm³/mol. The molecule has 1 unspecified atom stereocenters. The SMILES string of the molecule is COC(=O)C1CC12CCN(CCSC(C)(C)C)CC2. The lowest BCUT2D eigenvalue weighted by Gasteiger charge is -2.33. The maximum absolute atomic E-state index is 11.6. The van der Waals surface area contributed by atoms with Crippen molar-refractivity contribution in [1.29, 1.82) is 0 Å². The number of hydrogen-bond donors (Lipinski definition) is 0. The van der Waals surface area contributed by atoms with E-state index in [4.69, 9.17) is 4.74 Å². The molecule has 1 aliphatic heterocycles. The standard InChI is InChI=1S/C15H27NO2S/c1-14(2,3)19-10-9-16-7-5-15(6-8-16)11-12(15)13(17)18-4/h12H,5-11H2,1-4H3. The number of likely N-dealkylation sites (tertiary alicyclic amines) is 1. The van der Waals surface area contributed by atoms with Gasteiger partial charge in [-0.15, -0.1) is 0 Å². The van der Waals surface area contributed by atoms with Gasteiger partial charge in [-0.2, -0.15) is 11.8 Å². The molecule has 19 heavy (non-hydrogen) atoms. The zero-order valence-corrected chi connectivity index (χ0v) is 13.5. The Morgan fingerprint density at radius 3 is 2.53 bits per heavy atom. The van der Waals surface area contributed by atoms with Crippen molar-refractivity contribution in [3.8, 4) is 0 Å². The molecule has 2 rings (SSSR count). The minimum absolute atomic E-state index is 0.0109. The van der Waals surface area contributed by atoms with E-state index in [1.807, 2.05) is 11.8 Å². The fourth-order valence-electron chi connectivity index (χ4n) is 3.08. The first-order valence-corrected chi connectivity index (χ1v) is 8.29. The summed E-state index contributed by atoms with van der Waals surface area (Å²) >= 11 is 2.04. The second kappa shape index (κ2) is 5.65.